The van der Waals surface area contributed by atoms with E-state index >= 15 is 0 Å². The van der Waals surface area contributed by atoms with Crippen LogP contribution in [0.3, 0.4) is 0 Å². The van der Waals surface area contributed by atoms with Gasteiger partial charge in [0.1, 0.15) is 0 Å². The molecule has 0 aromatic heterocycles. The number of piperidine rings is 1. The van der Waals surface area contributed by atoms with Gasteiger partial charge < -0.3 is 15.0 Å². The summed E-state index contributed by atoms with van der Waals surface area (Å²) in [5.74, 6) is 0.946. The van der Waals surface area contributed by atoms with Crippen LogP contribution in [0, 0.1) is 5.92 Å². The van der Waals surface area contributed by atoms with Crippen LogP contribution in [0.5, 0.6) is 0 Å². The van der Waals surface area contributed by atoms with Gasteiger partial charge in [-0.15, -0.1) is 0 Å². The summed E-state index contributed by atoms with van der Waals surface area (Å²) in [6.07, 6.45) is 7.56. The second kappa shape index (κ2) is 6.72. The van der Waals surface area contributed by atoms with Crippen LogP contribution in [0.4, 0.5) is 0 Å². The Kier molecular flexibility index (Phi) is 5.26. The van der Waals surface area contributed by atoms with Crippen LogP contribution in [-0.2, 0) is 4.74 Å². The first-order valence-electron chi connectivity index (χ1n) is 7.29. The molecule has 0 saturated carbocycles. The number of nitrogens with one attached hydrogen (secondary N) is 1. The van der Waals surface area contributed by atoms with E-state index in [4.69, 9.17) is 4.74 Å². The van der Waals surface area contributed by atoms with E-state index in [1.165, 1.54) is 51.7 Å². The monoisotopic (exact) mass is 240 g/mol. The summed E-state index contributed by atoms with van der Waals surface area (Å²) in [6.45, 7) is 6.98. The van der Waals surface area contributed by atoms with Crippen molar-refractivity contribution in [1.29, 1.82) is 0 Å². The molecule has 0 spiro atoms. The number of hydrogen-bond acceptors (Lipinski definition) is 3. The second-order valence-electron chi connectivity index (χ2n) is 5.89. The fraction of sp³-hybridized carbons (Fsp3) is 1.00. The molecule has 2 fully saturated rings. The fourth-order valence-corrected chi connectivity index (χ4v) is 3.03. The molecule has 3 nitrogen and oxygen atoms in total. The van der Waals surface area contributed by atoms with Crippen LogP contribution < -0.4 is 5.32 Å². The summed E-state index contributed by atoms with van der Waals surface area (Å²) in [5, 5.41) is 3.43. The molecule has 17 heavy (non-hydrogen) atoms. The van der Waals surface area contributed by atoms with Gasteiger partial charge in [0, 0.05) is 6.54 Å². The topological polar surface area (TPSA) is 24.5 Å². The van der Waals surface area contributed by atoms with E-state index in [0.29, 0.717) is 12.2 Å². The summed E-state index contributed by atoms with van der Waals surface area (Å²) >= 11 is 0. The Hall–Kier alpha value is -0.120. The molecule has 0 bridgehead atoms. The van der Waals surface area contributed by atoms with E-state index in [9.17, 15) is 0 Å². The van der Waals surface area contributed by atoms with Gasteiger partial charge in [0.05, 0.1) is 12.2 Å². The Morgan fingerprint density at radius 3 is 2.59 bits per heavy atom. The third kappa shape index (κ3) is 4.57. The van der Waals surface area contributed by atoms with E-state index < -0.39 is 0 Å². The van der Waals surface area contributed by atoms with Gasteiger partial charge in [-0.3, -0.25) is 0 Å². The summed E-state index contributed by atoms with van der Waals surface area (Å²) in [5.41, 5.74) is 0. The Labute approximate surface area is 106 Å². The lowest BCUT2D eigenvalue weighted by atomic mass is 9.94. The summed E-state index contributed by atoms with van der Waals surface area (Å²) in [6, 6.07) is 0. The molecule has 3 heteroatoms. The molecule has 0 radical (unpaired) electrons. The standard InChI is InChI=1S/C14H28N2O/c1-12-3-4-14(17-12)11-16(2)10-7-13-5-8-15-9-6-13/h12-15H,3-11H2,1-2H3. The minimum Gasteiger partial charge on any atom is -0.374 e. The molecular formula is C14H28N2O. The van der Waals surface area contributed by atoms with Crippen molar-refractivity contribution in [1.82, 2.24) is 10.2 Å². The largest absolute Gasteiger partial charge is 0.374 e. The van der Waals surface area contributed by atoms with E-state index in [1.54, 1.807) is 0 Å². The molecular weight excluding hydrogens is 212 g/mol. The lowest BCUT2D eigenvalue weighted by molar-refractivity contribution is 0.0354. The van der Waals surface area contributed by atoms with E-state index in [2.05, 4.69) is 24.2 Å². The first-order chi connectivity index (χ1) is 8.24. The Bertz CT molecular complexity index is 216. The number of likely N-dealkylation sites (N-methyl/N-ethyl adjacent to an activating group) is 1. The molecule has 2 aliphatic heterocycles. The first kappa shape index (κ1) is 13.3. The third-order valence-corrected chi connectivity index (χ3v) is 4.21. The van der Waals surface area contributed by atoms with Crippen molar-refractivity contribution in [2.24, 2.45) is 5.92 Å². The number of rotatable bonds is 5. The van der Waals surface area contributed by atoms with E-state index in [1.807, 2.05) is 0 Å². The highest BCUT2D eigenvalue weighted by Crippen LogP contribution is 2.20. The molecule has 1 N–H and O–H groups in total. The fourth-order valence-electron chi connectivity index (χ4n) is 3.03. The predicted octanol–water partition coefficient (Wildman–Crippen LogP) is 1.88. The van der Waals surface area contributed by atoms with Gasteiger partial charge in [-0.2, -0.15) is 0 Å². The maximum Gasteiger partial charge on any atom is 0.0706 e. The highest BCUT2D eigenvalue weighted by molar-refractivity contribution is 4.74. The average Bonchev–Trinajstić information content (AvgIpc) is 2.73. The number of nitrogens with zero attached hydrogens (tertiary/aromatic N) is 1. The lowest BCUT2D eigenvalue weighted by Crippen LogP contribution is -2.33. The molecule has 0 amide bonds. The van der Waals surface area contributed by atoms with Gasteiger partial charge in [0.25, 0.3) is 0 Å². The van der Waals surface area contributed by atoms with Crippen molar-refractivity contribution in [3.8, 4) is 0 Å². The van der Waals surface area contributed by atoms with Crippen LogP contribution in [-0.4, -0.2) is 50.3 Å². The Morgan fingerprint density at radius 1 is 1.18 bits per heavy atom. The van der Waals surface area contributed by atoms with E-state index in [0.717, 1.165) is 12.5 Å². The summed E-state index contributed by atoms with van der Waals surface area (Å²) in [4.78, 5) is 2.46. The normalized spacial score (nSPS) is 31.2. The van der Waals surface area contributed by atoms with Crippen molar-refractivity contribution >= 4 is 0 Å². The van der Waals surface area contributed by atoms with Gasteiger partial charge in [-0.05, 0) is 71.6 Å². The molecule has 0 aromatic rings. The minimum atomic E-state index is 0.484. The number of hydrogen-bond donors (Lipinski definition) is 1. The molecule has 100 valence electrons. The van der Waals surface area contributed by atoms with Gasteiger partial charge in [0.2, 0.25) is 0 Å². The summed E-state index contributed by atoms with van der Waals surface area (Å²) < 4.78 is 5.87. The zero-order valence-corrected chi connectivity index (χ0v) is 11.5. The van der Waals surface area contributed by atoms with Crippen LogP contribution in [0.2, 0.25) is 0 Å². The minimum absolute atomic E-state index is 0.484. The smallest absolute Gasteiger partial charge is 0.0706 e. The maximum atomic E-state index is 5.87. The zero-order chi connectivity index (χ0) is 12.1. The summed E-state index contributed by atoms with van der Waals surface area (Å²) in [7, 11) is 2.24. The highest BCUT2D eigenvalue weighted by Gasteiger charge is 2.23. The molecule has 0 aromatic carbocycles. The second-order valence-corrected chi connectivity index (χ2v) is 5.89. The zero-order valence-electron chi connectivity index (χ0n) is 11.5. The Morgan fingerprint density at radius 2 is 1.94 bits per heavy atom. The average molecular weight is 240 g/mol. The first-order valence-corrected chi connectivity index (χ1v) is 7.29. The lowest BCUT2D eigenvalue weighted by Gasteiger charge is -2.26. The van der Waals surface area contributed by atoms with Gasteiger partial charge in [0.15, 0.2) is 0 Å². The number of ether oxygens (including phenoxy) is 1. The van der Waals surface area contributed by atoms with E-state index in [-0.39, 0.29) is 0 Å². The van der Waals surface area contributed by atoms with Crippen molar-refractivity contribution < 1.29 is 4.74 Å². The molecule has 2 unspecified atom stereocenters. The van der Waals surface area contributed by atoms with Crippen molar-refractivity contribution in [2.45, 2.75) is 51.2 Å². The van der Waals surface area contributed by atoms with Crippen molar-refractivity contribution in [3.05, 3.63) is 0 Å². The molecule has 2 aliphatic rings. The molecule has 2 atom stereocenters. The maximum absolute atomic E-state index is 5.87. The van der Waals surface area contributed by atoms with Crippen molar-refractivity contribution in [2.75, 3.05) is 33.2 Å². The SMILES string of the molecule is CC1CCC(CN(C)CCC2CCNCC2)O1. The Balaban J connectivity index is 1.58. The molecule has 0 aliphatic carbocycles. The molecule has 2 rings (SSSR count). The van der Waals surface area contributed by atoms with Crippen LogP contribution >= 0.6 is 0 Å². The molecule has 2 saturated heterocycles. The van der Waals surface area contributed by atoms with Gasteiger partial charge >= 0.3 is 0 Å². The van der Waals surface area contributed by atoms with Crippen molar-refractivity contribution in [3.63, 3.8) is 0 Å². The quantitative estimate of drug-likeness (QED) is 0.794. The van der Waals surface area contributed by atoms with Gasteiger partial charge in [-0.1, -0.05) is 0 Å². The van der Waals surface area contributed by atoms with Gasteiger partial charge in [-0.25, -0.2) is 0 Å². The van der Waals surface area contributed by atoms with Crippen LogP contribution in [0.15, 0.2) is 0 Å². The third-order valence-electron chi connectivity index (χ3n) is 4.21. The van der Waals surface area contributed by atoms with Crippen LogP contribution in [0.1, 0.15) is 39.0 Å². The molecule has 2 heterocycles. The van der Waals surface area contributed by atoms with Crippen LogP contribution in [0.25, 0.3) is 0 Å². The predicted molar refractivity (Wildman–Crippen MR) is 71.3 cm³/mol. The highest BCUT2D eigenvalue weighted by atomic mass is 16.5.